The number of aliphatic hydroxyl groups excluding tert-OH is 1. The molecule has 0 spiro atoms. The van der Waals surface area contributed by atoms with Crippen molar-refractivity contribution in [3.05, 3.63) is 71.7 Å². The summed E-state index contributed by atoms with van der Waals surface area (Å²) in [6.07, 6.45) is 1.74. The molecule has 0 bridgehead atoms. The highest BCUT2D eigenvalue weighted by molar-refractivity contribution is 6.00. The van der Waals surface area contributed by atoms with Crippen molar-refractivity contribution in [1.29, 1.82) is 0 Å². The number of nitrogens with one attached hydrogen (secondary N) is 1. The van der Waals surface area contributed by atoms with Gasteiger partial charge < -0.3 is 14.9 Å². The Morgan fingerprint density at radius 1 is 1.17 bits per heavy atom. The van der Waals surface area contributed by atoms with Crippen molar-refractivity contribution < 1.29 is 19.2 Å². The van der Waals surface area contributed by atoms with Crippen LogP contribution < -0.4 is 4.90 Å². The van der Waals surface area contributed by atoms with Crippen LogP contribution in [0.1, 0.15) is 15.9 Å². The van der Waals surface area contributed by atoms with E-state index in [0.29, 0.717) is 36.6 Å². The second kappa shape index (κ2) is 8.77. The minimum absolute atomic E-state index is 0.0529. The second-order valence-electron chi connectivity index (χ2n) is 7.70. The number of hydrogen-bond acceptors (Lipinski definition) is 3. The third-order valence-corrected chi connectivity index (χ3v) is 5.55. The van der Waals surface area contributed by atoms with Gasteiger partial charge in [0.05, 0.1) is 44.0 Å². The Bertz CT molecular complexity index is 1020. The van der Waals surface area contributed by atoms with Crippen LogP contribution in [0, 0.1) is 12.7 Å². The minimum Gasteiger partial charge on any atom is -0.391 e. The Morgan fingerprint density at radius 3 is 2.57 bits per heavy atom. The zero-order valence-corrected chi connectivity index (χ0v) is 17.0. The lowest BCUT2D eigenvalue weighted by Crippen LogP contribution is -3.15. The van der Waals surface area contributed by atoms with E-state index in [1.165, 1.54) is 17.0 Å². The molecule has 0 atom stereocenters. The van der Waals surface area contributed by atoms with E-state index in [9.17, 15) is 9.18 Å². The predicted molar refractivity (Wildman–Crippen MR) is 112 cm³/mol. The van der Waals surface area contributed by atoms with Crippen molar-refractivity contribution in [2.45, 2.75) is 6.92 Å². The van der Waals surface area contributed by atoms with E-state index in [1.807, 2.05) is 36.1 Å². The van der Waals surface area contributed by atoms with Gasteiger partial charge in [-0.2, -0.15) is 5.10 Å². The first kappa shape index (κ1) is 20.3. The van der Waals surface area contributed by atoms with Crippen molar-refractivity contribution in [2.24, 2.45) is 0 Å². The summed E-state index contributed by atoms with van der Waals surface area (Å²) < 4.78 is 15.0. The van der Waals surface area contributed by atoms with Crippen molar-refractivity contribution in [1.82, 2.24) is 14.7 Å². The molecule has 4 rings (SSSR count). The topological polar surface area (TPSA) is 62.8 Å². The molecule has 0 saturated carbocycles. The van der Waals surface area contributed by atoms with Crippen LogP contribution in [-0.2, 0) is 0 Å². The van der Waals surface area contributed by atoms with E-state index in [1.54, 1.807) is 23.0 Å². The van der Waals surface area contributed by atoms with E-state index in [0.717, 1.165) is 24.2 Å². The van der Waals surface area contributed by atoms with Crippen molar-refractivity contribution in [3.63, 3.8) is 0 Å². The molecule has 1 aromatic heterocycles. The molecule has 1 fully saturated rings. The van der Waals surface area contributed by atoms with Crippen LogP contribution in [-0.4, -0.2) is 65.0 Å². The van der Waals surface area contributed by atoms with Gasteiger partial charge in [0.2, 0.25) is 0 Å². The first-order chi connectivity index (χ1) is 14.5. The first-order valence-corrected chi connectivity index (χ1v) is 10.2. The summed E-state index contributed by atoms with van der Waals surface area (Å²) in [5, 5.41) is 13.8. The molecule has 1 saturated heterocycles. The van der Waals surface area contributed by atoms with Gasteiger partial charge in [0.1, 0.15) is 18.1 Å². The lowest BCUT2D eigenvalue weighted by Gasteiger charge is -2.31. The summed E-state index contributed by atoms with van der Waals surface area (Å²) in [5.74, 6) is -0.368. The first-order valence-electron chi connectivity index (χ1n) is 10.2. The molecule has 0 unspecified atom stereocenters. The largest absolute Gasteiger partial charge is 0.391 e. The highest BCUT2D eigenvalue weighted by atomic mass is 19.1. The van der Waals surface area contributed by atoms with E-state index < -0.39 is 0 Å². The highest BCUT2D eigenvalue weighted by Gasteiger charge is 2.28. The minimum atomic E-state index is -0.315. The Morgan fingerprint density at radius 2 is 1.90 bits per heavy atom. The zero-order chi connectivity index (χ0) is 21.1. The van der Waals surface area contributed by atoms with Crippen molar-refractivity contribution >= 4 is 5.91 Å². The van der Waals surface area contributed by atoms with Crippen LogP contribution in [0.2, 0.25) is 0 Å². The summed E-state index contributed by atoms with van der Waals surface area (Å²) in [4.78, 5) is 16.6. The van der Waals surface area contributed by atoms with E-state index in [2.05, 4.69) is 0 Å². The van der Waals surface area contributed by atoms with Gasteiger partial charge in [-0.3, -0.25) is 4.79 Å². The fraction of sp³-hybridized carbons (Fsp3) is 0.304. The van der Waals surface area contributed by atoms with Crippen molar-refractivity contribution in [2.75, 3.05) is 39.3 Å². The molecule has 2 aromatic carbocycles. The van der Waals surface area contributed by atoms with E-state index >= 15 is 0 Å². The average molecular weight is 409 g/mol. The summed E-state index contributed by atoms with van der Waals surface area (Å²) in [6.45, 7) is 5.79. The Kier molecular flexibility index (Phi) is 5.92. The molecule has 3 aromatic rings. The molecule has 30 heavy (non-hydrogen) atoms. The average Bonchev–Trinajstić information content (AvgIpc) is 3.20. The lowest BCUT2D eigenvalue weighted by atomic mass is 10.0. The van der Waals surface area contributed by atoms with Crippen LogP contribution in [0.3, 0.4) is 0 Å². The van der Waals surface area contributed by atoms with E-state index in [4.69, 9.17) is 10.2 Å². The summed E-state index contributed by atoms with van der Waals surface area (Å²) in [6, 6.07) is 14.0. The third kappa shape index (κ3) is 4.27. The maximum atomic E-state index is 13.4. The monoisotopic (exact) mass is 409 g/mol. The van der Waals surface area contributed by atoms with Gasteiger partial charge in [0, 0.05) is 11.8 Å². The fourth-order valence-electron chi connectivity index (χ4n) is 3.87. The van der Waals surface area contributed by atoms with Crippen molar-refractivity contribution in [3.8, 4) is 16.9 Å². The van der Waals surface area contributed by atoms with Gasteiger partial charge in [0.25, 0.3) is 5.91 Å². The van der Waals surface area contributed by atoms with E-state index in [-0.39, 0.29) is 18.3 Å². The lowest BCUT2D eigenvalue weighted by molar-refractivity contribution is -0.904. The molecular weight excluding hydrogens is 383 g/mol. The van der Waals surface area contributed by atoms with Crippen LogP contribution in [0.5, 0.6) is 0 Å². The number of piperazine rings is 1. The second-order valence-corrected chi connectivity index (χ2v) is 7.70. The summed E-state index contributed by atoms with van der Waals surface area (Å²) in [7, 11) is 0. The Balaban J connectivity index is 1.68. The number of aromatic nitrogens is 2. The molecule has 1 aliphatic heterocycles. The molecule has 7 heteroatoms. The van der Waals surface area contributed by atoms with Crippen LogP contribution in [0.15, 0.2) is 54.7 Å². The molecule has 1 aliphatic rings. The van der Waals surface area contributed by atoms with Gasteiger partial charge >= 0.3 is 0 Å². The maximum absolute atomic E-state index is 13.4. The molecule has 2 heterocycles. The predicted octanol–water partition coefficient (Wildman–Crippen LogP) is 1.32. The highest BCUT2D eigenvalue weighted by Crippen LogP contribution is 2.26. The molecule has 0 radical (unpaired) electrons. The van der Waals surface area contributed by atoms with Crippen LogP contribution >= 0.6 is 0 Å². The molecule has 0 aliphatic carbocycles. The smallest absolute Gasteiger partial charge is 0.258 e. The van der Waals surface area contributed by atoms with Gasteiger partial charge in [-0.15, -0.1) is 0 Å². The molecule has 6 nitrogen and oxygen atoms in total. The quantitative estimate of drug-likeness (QED) is 0.668. The van der Waals surface area contributed by atoms with Crippen LogP contribution in [0.25, 0.3) is 16.9 Å². The Labute approximate surface area is 175 Å². The number of benzene rings is 2. The number of carbonyl (C=O) groups is 1. The third-order valence-electron chi connectivity index (χ3n) is 5.55. The summed E-state index contributed by atoms with van der Waals surface area (Å²) in [5.41, 5.74) is 3.82. The number of carbonyl (C=O) groups excluding carboxylic acids is 1. The zero-order valence-electron chi connectivity index (χ0n) is 17.0. The molecule has 1 amide bonds. The number of rotatable bonds is 5. The van der Waals surface area contributed by atoms with Gasteiger partial charge in [-0.05, 0) is 37.3 Å². The maximum Gasteiger partial charge on any atom is 0.258 e. The normalized spacial score (nSPS) is 14.8. The number of halogens is 1. The van der Waals surface area contributed by atoms with Gasteiger partial charge in [0.15, 0.2) is 0 Å². The number of amides is 1. The number of aryl methyl sites for hydroxylation is 1. The number of aliphatic hydroxyl groups is 1. The summed E-state index contributed by atoms with van der Waals surface area (Å²) >= 11 is 0. The number of nitrogens with zero attached hydrogens (tertiary/aromatic N) is 3. The van der Waals surface area contributed by atoms with Gasteiger partial charge in [-0.1, -0.05) is 23.8 Å². The SMILES string of the molecule is Cc1cccc(-c2nn(-c3ccc(F)cc3)cc2C(=O)N2CC[NH+](CCO)CC2)c1. The Hall–Kier alpha value is -3.03. The van der Waals surface area contributed by atoms with Crippen LogP contribution in [0.4, 0.5) is 4.39 Å². The number of hydrogen-bond donors (Lipinski definition) is 2. The molecule has 2 N–H and O–H groups in total. The van der Waals surface area contributed by atoms with Gasteiger partial charge in [-0.25, -0.2) is 9.07 Å². The fourth-order valence-corrected chi connectivity index (χ4v) is 3.87. The molecular formula is C23H26FN4O2+. The number of quaternary nitrogens is 1. The standard InChI is InChI=1S/C23H25FN4O2/c1-17-3-2-4-18(15-17)22-21(16-28(25-22)20-7-5-19(24)6-8-20)23(30)27-11-9-26(10-12-27)13-14-29/h2-8,15-16,29H,9-14H2,1H3/p+1. The molecule has 156 valence electrons.